The Kier molecular flexibility index (Phi) is 4.28. The van der Waals surface area contributed by atoms with E-state index >= 15 is 0 Å². The van der Waals surface area contributed by atoms with Crippen molar-refractivity contribution in [2.45, 2.75) is 29.7 Å². The van der Waals surface area contributed by atoms with Gasteiger partial charge in [0.05, 0.1) is 16.8 Å². The fourth-order valence-electron chi connectivity index (χ4n) is 3.33. The zero-order valence-electron chi connectivity index (χ0n) is 14.1. The van der Waals surface area contributed by atoms with Gasteiger partial charge >= 0.3 is 0 Å². The molecule has 1 saturated heterocycles. The summed E-state index contributed by atoms with van der Waals surface area (Å²) in [5.74, 6) is 3.42. The Hall–Kier alpha value is -1.86. The molecule has 0 bridgehead atoms. The van der Waals surface area contributed by atoms with Crippen molar-refractivity contribution in [3.8, 4) is 0 Å². The van der Waals surface area contributed by atoms with Gasteiger partial charge in [0, 0.05) is 26.6 Å². The Bertz CT molecular complexity index is 846. The van der Waals surface area contributed by atoms with Gasteiger partial charge < -0.3 is 14.5 Å². The quantitative estimate of drug-likeness (QED) is 0.738. The van der Waals surface area contributed by atoms with E-state index in [0.717, 1.165) is 41.2 Å². The van der Waals surface area contributed by atoms with E-state index in [4.69, 9.17) is 4.98 Å². The number of fused-ring (bicyclic) bond motifs is 1. The minimum absolute atomic E-state index is 0.473. The maximum Gasteiger partial charge on any atom is 0.191 e. The van der Waals surface area contributed by atoms with Gasteiger partial charge in [0.15, 0.2) is 5.16 Å². The fourth-order valence-corrected chi connectivity index (χ4v) is 4.24. The lowest BCUT2D eigenvalue weighted by Gasteiger charge is -2.21. The Morgan fingerprint density at radius 1 is 1.21 bits per heavy atom. The zero-order valence-corrected chi connectivity index (χ0v) is 14.9. The van der Waals surface area contributed by atoms with Crippen molar-refractivity contribution in [1.29, 1.82) is 0 Å². The molecule has 1 fully saturated rings. The van der Waals surface area contributed by atoms with Gasteiger partial charge in [-0.15, -0.1) is 10.2 Å². The molecule has 1 N–H and O–H groups in total. The van der Waals surface area contributed by atoms with Gasteiger partial charge in [-0.1, -0.05) is 23.9 Å². The minimum atomic E-state index is 0.473. The van der Waals surface area contributed by atoms with Crippen LogP contribution in [0.25, 0.3) is 11.0 Å². The first-order valence-corrected chi connectivity index (χ1v) is 9.35. The monoisotopic (exact) mass is 342 g/mol. The molecule has 7 heteroatoms. The smallest absolute Gasteiger partial charge is 0.191 e. The number of para-hydroxylation sites is 2. The van der Waals surface area contributed by atoms with Gasteiger partial charge in [-0.2, -0.15) is 0 Å². The number of hydrogen-bond acceptors (Lipinski definition) is 5. The normalized spacial score (nSPS) is 18.3. The van der Waals surface area contributed by atoms with Crippen molar-refractivity contribution in [1.82, 2.24) is 29.6 Å². The molecule has 0 saturated carbocycles. The van der Waals surface area contributed by atoms with Crippen molar-refractivity contribution in [3.05, 3.63) is 35.9 Å². The molecule has 1 aliphatic rings. The van der Waals surface area contributed by atoms with Crippen LogP contribution in [0.5, 0.6) is 0 Å². The highest BCUT2D eigenvalue weighted by atomic mass is 32.2. The van der Waals surface area contributed by atoms with Gasteiger partial charge in [0.1, 0.15) is 11.6 Å². The number of rotatable bonds is 4. The molecule has 0 unspecified atom stereocenters. The molecule has 1 atom stereocenters. The number of hydrogen-bond donors (Lipinski definition) is 1. The SMILES string of the molecule is Cn1c(SCc2nc3ccccc3n2C)nnc1[C@H]1CCCNC1. The van der Waals surface area contributed by atoms with Crippen molar-refractivity contribution in [3.63, 3.8) is 0 Å². The van der Waals surface area contributed by atoms with Gasteiger partial charge in [-0.3, -0.25) is 0 Å². The standard InChI is InChI=1S/C17H22N6S/c1-22-14-8-4-3-7-13(14)19-15(22)11-24-17-21-20-16(23(17)2)12-6-5-9-18-10-12/h3-4,7-8,12,18H,5-6,9-11H2,1-2H3/t12-/m0/s1. The van der Waals surface area contributed by atoms with Crippen LogP contribution in [0, 0.1) is 0 Å². The second kappa shape index (κ2) is 6.57. The number of nitrogens with one attached hydrogen (secondary N) is 1. The third-order valence-corrected chi connectivity index (χ3v) is 5.76. The lowest BCUT2D eigenvalue weighted by Crippen LogP contribution is -2.29. The predicted molar refractivity (Wildman–Crippen MR) is 96.1 cm³/mol. The van der Waals surface area contributed by atoms with Gasteiger partial charge in [0.2, 0.25) is 0 Å². The fraction of sp³-hybridized carbons (Fsp3) is 0.471. The van der Waals surface area contributed by atoms with Crippen LogP contribution in [-0.2, 0) is 19.8 Å². The first-order valence-electron chi connectivity index (χ1n) is 8.37. The molecule has 3 heterocycles. The Morgan fingerprint density at radius 3 is 2.88 bits per heavy atom. The summed E-state index contributed by atoms with van der Waals surface area (Å²) in [5, 5.41) is 13.3. The average Bonchev–Trinajstić information content (AvgIpc) is 3.14. The molecular weight excluding hydrogens is 320 g/mol. The van der Waals surface area contributed by atoms with Gasteiger partial charge in [-0.25, -0.2) is 4.98 Å². The van der Waals surface area contributed by atoms with Crippen LogP contribution in [0.1, 0.15) is 30.4 Å². The molecule has 126 valence electrons. The van der Waals surface area contributed by atoms with E-state index in [1.165, 1.54) is 18.4 Å². The molecular formula is C17H22N6S. The van der Waals surface area contributed by atoms with E-state index in [1.807, 2.05) is 12.1 Å². The Labute approximate surface area is 145 Å². The topological polar surface area (TPSA) is 60.6 Å². The first kappa shape index (κ1) is 15.7. The highest BCUT2D eigenvalue weighted by Gasteiger charge is 2.22. The summed E-state index contributed by atoms with van der Waals surface area (Å²) < 4.78 is 4.30. The maximum atomic E-state index is 4.73. The molecule has 4 rings (SSSR count). The Morgan fingerprint density at radius 2 is 2.08 bits per heavy atom. The van der Waals surface area contributed by atoms with E-state index in [9.17, 15) is 0 Å². The molecule has 0 radical (unpaired) electrons. The van der Waals surface area contributed by atoms with Gasteiger partial charge in [0.25, 0.3) is 0 Å². The van der Waals surface area contributed by atoms with E-state index in [0.29, 0.717) is 5.92 Å². The second-order valence-electron chi connectivity index (χ2n) is 6.31. The number of benzene rings is 1. The Balaban J connectivity index is 1.51. The van der Waals surface area contributed by atoms with E-state index in [1.54, 1.807) is 11.8 Å². The molecule has 3 aromatic rings. The molecule has 2 aromatic heterocycles. The highest BCUT2D eigenvalue weighted by molar-refractivity contribution is 7.98. The van der Waals surface area contributed by atoms with Crippen LogP contribution in [-0.4, -0.2) is 37.4 Å². The third-order valence-electron chi connectivity index (χ3n) is 4.74. The van der Waals surface area contributed by atoms with Gasteiger partial charge in [-0.05, 0) is 31.5 Å². The molecule has 0 spiro atoms. The van der Waals surface area contributed by atoms with Crippen molar-refractivity contribution < 1.29 is 0 Å². The number of aryl methyl sites for hydroxylation is 1. The summed E-state index contributed by atoms with van der Waals surface area (Å²) in [5.41, 5.74) is 2.21. The van der Waals surface area contributed by atoms with E-state index < -0.39 is 0 Å². The lowest BCUT2D eigenvalue weighted by atomic mass is 9.99. The van der Waals surface area contributed by atoms with E-state index in [2.05, 4.69) is 50.9 Å². The van der Waals surface area contributed by atoms with Crippen LogP contribution in [0.15, 0.2) is 29.4 Å². The summed E-state index contributed by atoms with van der Waals surface area (Å²) in [6, 6.07) is 8.24. The number of thioether (sulfide) groups is 1. The second-order valence-corrected chi connectivity index (χ2v) is 7.25. The summed E-state index contributed by atoms with van der Waals surface area (Å²) >= 11 is 1.70. The number of nitrogens with zero attached hydrogens (tertiary/aromatic N) is 5. The molecule has 0 amide bonds. The average molecular weight is 342 g/mol. The molecule has 1 aliphatic heterocycles. The highest BCUT2D eigenvalue weighted by Crippen LogP contribution is 2.27. The van der Waals surface area contributed by atoms with Crippen LogP contribution in [0.4, 0.5) is 0 Å². The largest absolute Gasteiger partial charge is 0.330 e. The molecule has 24 heavy (non-hydrogen) atoms. The number of imidazole rings is 1. The molecule has 6 nitrogen and oxygen atoms in total. The lowest BCUT2D eigenvalue weighted by molar-refractivity contribution is 0.436. The molecule has 0 aliphatic carbocycles. The van der Waals surface area contributed by atoms with Crippen LogP contribution < -0.4 is 5.32 Å². The summed E-state index contributed by atoms with van der Waals surface area (Å²) in [7, 11) is 4.14. The number of piperidine rings is 1. The van der Waals surface area contributed by atoms with Crippen LogP contribution in [0.2, 0.25) is 0 Å². The maximum absolute atomic E-state index is 4.73. The van der Waals surface area contributed by atoms with E-state index in [-0.39, 0.29) is 0 Å². The molecule has 1 aromatic carbocycles. The minimum Gasteiger partial charge on any atom is -0.330 e. The first-order chi connectivity index (χ1) is 11.7. The third kappa shape index (κ3) is 2.82. The summed E-state index contributed by atoms with van der Waals surface area (Å²) in [4.78, 5) is 4.73. The van der Waals surface area contributed by atoms with Crippen molar-refractivity contribution in [2.75, 3.05) is 13.1 Å². The van der Waals surface area contributed by atoms with Crippen LogP contribution in [0.3, 0.4) is 0 Å². The van der Waals surface area contributed by atoms with Crippen molar-refractivity contribution in [2.24, 2.45) is 14.1 Å². The van der Waals surface area contributed by atoms with Crippen molar-refractivity contribution >= 4 is 22.8 Å². The van der Waals surface area contributed by atoms with Crippen LogP contribution >= 0.6 is 11.8 Å². The number of aromatic nitrogens is 5. The summed E-state index contributed by atoms with van der Waals surface area (Å²) in [6.07, 6.45) is 2.40. The zero-order chi connectivity index (χ0) is 16.5. The predicted octanol–water partition coefficient (Wildman–Crippen LogP) is 2.46. The summed E-state index contributed by atoms with van der Waals surface area (Å²) in [6.45, 7) is 2.12.